The lowest BCUT2D eigenvalue weighted by molar-refractivity contribution is 0.148. The molecule has 1 aromatic rings. The maximum absolute atomic E-state index is 14.3. The first-order chi connectivity index (χ1) is 9.65. The zero-order chi connectivity index (χ0) is 14.5. The number of nitrogens with zero attached hydrogens (tertiary/aromatic N) is 1. The Morgan fingerprint density at radius 3 is 2.57 bits per heavy atom. The standard InChI is InChI=1S/C14H19BrF2N2O.ClH/c15-10-3-4-11(16)13(14(10)17)12(2-1-9-20)19-7-5-18-6-8-19;/h3-4,12,18,20H,1-2,5-9H2;1H/t12-;/m1./s1. The molecule has 120 valence electrons. The van der Waals surface area contributed by atoms with Crippen LogP contribution >= 0.6 is 28.3 Å². The average Bonchev–Trinajstić information content (AvgIpc) is 2.47. The molecule has 21 heavy (non-hydrogen) atoms. The molecular weight excluding hydrogens is 366 g/mol. The van der Waals surface area contributed by atoms with Crippen LogP contribution < -0.4 is 5.32 Å². The van der Waals surface area contributed by atoms with Crippen LogP contribution in [0.5, 0.6) is 0 Å². The van der Waals surface area contributed by atoms with E-state index in [-0.39, 0.29) is 35.1 Å². The Hall–Kier alpha value is -0.270. The van der Waals surface area contributed by atoms with Crippen LogP contribution in [0.25, 0.3) is 0 Å². The Kier molecular flexibility index (Phi) is 8.05. The van der Waals surface area contributed by atoms with Crippen molar-refractivity contribution in [2.75, 3.05) is 32.8 Å². The van der Waals surface area contributed by atoms with Crippen LogP contribution in [0.2, 0.25) is 0 Å². The smallest absolute Gasteiger partial charge is 0.145 e. The van der Waals surface area contributed by atoms with Crippen LogP contribution in [-0.4, -0.2) is 42.8 Å². The average molecular weight is 386 g/mol. The van der Waals surface area contributed by atoms with Gasteiger partial charge in [-0.25, -0.2) is 8.78 Å². The quantitative estimate of drug-likeness (QED) is 0.765. The van der Waals surface area contributed by atoms with Crippen LogP contribution in [0.3, 0.4) is 0 Å². The molecule has 0 aliphatic carbocycles. The molecule has 1 atom stereocenters. The number of hydrogen-bond donors (Lipinski definition) is 2. The molecule has 0 saturated carbocycles. The van der Waals surface area contributed by atoms with Gasteiger partial charge in [0, 0.05) is 44.4 Å². The minimum atomic E-state index is -0.536. The maximum atomic E-state index is 14.3. The van der Waals surface area contributed by atoms with Crippen molar-refractivity contribution >= 4 is 28.3 Å². The second kappa shape index (κ2) is 9.00. The van der Waals surface area contributed by atoms with Crippen LogP contribution in [0, 0.1) is 11.6 Å². The van der Waals surface area contributed by atoms with E-state index in [1.807, 2.05) is 0 Å². The molecular formula is C14H20BrClF2N2O. The van der Waals surface area contributed by atoms with E-state index in [4.69, 9.17) is 5.11 Å². The minimum absolute atomic E-state index is 0. The molecule has 1 aromatic carbocycles. The Bertz CT molecular complexity index is 459. The summed E-state index contributed by atoms with van der Waals surface area (Å²) in [7, 11) is 0. The van der Waals surface area contributed by atoms with Crippen molar-refractivity contribution in [3.8, 4) is 0 Å². The van der Waals surface area contributed by atoms with Crippen molar-refractivity contribution in [3.63, 3.8) is 0 Å². The Morgan fingerprint density at radius 2 is 1.95 bits per heavy atom. The van der Waals surface area contributed by atoms with Crippen molar-refractivity contribution in [1.29, 1.82) is 0 Å². The number of halogens is 4. The first-order valence-corrected chi connectivity index (χ1v) is 7.63. The fourth-order valence-corrected chi connectivity index (χ4v) is 2.98. The van der Waals surface area contributed by atoms with Crippen molar-refractivity contribution in [2.45, 2.75) is 18.9 Å². The van der Waals surface area contributed by atoms with E-state index in [2.05, 4.69) is 26.1 Å². The maximum Gasteiger partial charge on any atom is 0.145 e. The van der Waals surface area contributed by atoms with Crippen molar-refractivity contribution in [1.82, 2.24) is 10.2 Å². The fourth-order valence-electron chi connectivity index (χ4n) is 2.64. The van der Waals surface area contributed by atoms with Gasteiger partial charge in [-0.3, -0.25) is 4.90 Å². The van der Waals surface area contributed by atoms with Gasteiger partial charge in [0.05, 0.1) is 4.47 Å². The fraction of sp³-hybridized carbons (Fsp3) is 0.571. The Balaban J connectivity index is 0.00000220. The second-order valence-corrected chi connectivity index (χ2v) is 5.78. The predicted octanol–water partition coefficient (Wildman–Crippen LogP) is 2.87. The number of benzene rings is 1. The van der Waals surface area contributed by atoms with Gasteiger partial charge in [0.15, 0.2) is 0 Å². The number of aliphatic hydroxyl groups excluding tert-OH is 1. The van der Waals surface area contributed by atoms with Gasteiger partial charge in [0.2, 0.25) is 0 Å². The second-order valence-electron chi connectivity index (χ2n) is 4.92. The normalized spacial score (nSPS) is 17.3. The van der Waals surface area contributed by atoms with Crippen molar-refractivity contribution in [3.05, 3.63) is 33.8 Å². The van der Waals surface area contributed by atoms with E-state index in [9.17, 15) is 8.78 Å². The molecule has 3 nitrogen and oxygen atoms in total. The predicted molar refractivity (Wildman–Crippen MR) is 84.8 cm³/mol. The third-order valence-electron chi connectivity index (χ3n) is 3.64. The van der Waals surface area contributed by atoms with Gasteiger partial charge in [-0.1, -0.05) is 0 Å². The molecule has 1 aliphatic heterocycles. The van der Waals surface area contributed by atoms with Gasteiger partial charge < -0.3 is 10.4 Å². The molecule has 7 heteroatoms. The summed E-state index contributed by atoms with van der Waals surface area (Å²) in [6.07, 6.45) is 1.07. The molecule has 2 N–H and O–H groups in total. The third kappa shape index (κ3) is 4.60. The molecule has 2 rings (SSSR count). The van der Waals surface area contributed by atoms with Gasteiger partial charge in [0.1, 0.15) is 11.6 Å². The molecule has 1 aliphatic rings. The summed E-state index contributed by atoms with van der Waals surface area (Å²) in [4.78, 5) is 2.08. The molecule has 0 radical (unpaired) electrons. The minimum Gasteiger partial charge on any atom is -0.396 e. The molecule has 0 bridgehead atoms. The van der Waals surface area contributed by atoms with E-state index in [0.29, 0.717) is 12.8 Å². The highest BCUT2D eigenvalue weighted by Crippen LogP contribution is 2.33. The molecule has 0 unspecified atom stereocenters. The summed E-state index contributed by atoms with van der Waals surface area (Å²) in [6, 6.07) is 2.34. The lowest BCUT2D eigenvalue weighted by Gasteiger charge is -2.35. The highest BCUT2D eigenvalue weighted by molar-refractivity contribution is 9.10. The highest BCUT2D eigenvalue weighted by atomic mass is 79.9. The number of aliphatic hydroxyl groups is 1. The molecule has 1 saturated heterocycles. The molecule has 0 aromatic heterocycles. The third-order valence-corrected chi connectivity index (χ3v) is 4.25. The van der Waals surface area contributed by atoms with Gasteiger partial charge >= 0.3 is 0 Å². The SMILES string of the molecule is Cl.OCCC[C@H](c1c(F)ccc(Br)c1F)N1CCNCC1. The van der Waals surface area contributed by atoms with Gasteiger partial charge in [-0.15, -0.1) is 12.4 Å². The first kappa shape index (κ1) is 18.8. The van der Waals surface area contributed by atoms with E-state index in [1.165, 1.54) is 12.1 Å². The monoisotopic (exact) mass is 384 g/mol. The van der Waals surface area contributed by atoms with E-state index in [0.717, 1.165) is 26.2 Å². The molecule has 1 heterocycles. The van der Waals surface area contributed by atoms with Gasteiger partial charge in [-0.2, -0.15) is 0 Å². The van der Waals surface area contributed by atoms with Crippen molar-refractivity contribution in [2.24, 2.45) is 0 Å². The van der Waals surface area contributed by atoms with Gasteiger partial charge in [0.25, 0.3) is 0 Å². The summed E-state index contributed by atoms with van der Waals surface area (Å²) >= 11 is 3.12. The zero-order valence-corrected chi connectivity index (χ0v) is 14.0. The molecule has 0 amide bonds. The number of nitrogens with one attached hydrogen (secondary N) is 1. The number of hydrogen-bond acceptors (Lipinski definition) is 3. The van der Waals surface area contributed by atoms with Gasteiger partial charge in [-0.05, 0) is 40.9 Å². The van der Waals surface area contributed by atoms with Crippen LogP contribution in [0.15, 0.2) is 16.6 Å². The van der Waals surface area contributed by atoms with E-state index < -0.39 is 11.6 Å². The lowest BCUT2D eigenvalue weighted by Crippen LogP contribution is -2.45. The lowest BCUT2D eigenvalue weighted by atomic mass is 9.98. The van der Waals surface area contributed by atoms with E-state index in [1.54, 1.807) is 0 Å². The zero-order valence-electron chi connectivity index (χ0n) is 11.6. The summed E-state index contributed by atoms with van der Waals surface area (Å²) in [5, 5.41) is 12.3. The molecule has 0 spiro atoms. The summed E-state index contributed by atoms with van der Waals surface area (Å²) in [6.45, 7) is 3.16. The van der Waals surface area contributed by atoms with Crippen LogP contribution in [-0.2, 0) is 0 Å². The first-order valence-electron chi connectivity index (χ1n) is 6.84. The number of piperazine rings is 1. The highest BCUT2D eigenvalue weighted by Gasteiger charge is 2.28. The largest absolute Gasteiger partial charge is 0.396 e. The topological polar surface area (TPSA) is 35.5 Å². The number of rotatable bonds is 5. The summed E-state index contributed by atoms with van der Waals surface area (Å²) in [5.41, 5.74) is 0.106. The van der Waals surface area contributed by atoms with Crippen molar-refractivity contribution < 1.29 is 13.9 Å². The summed E-state index contributed by atoms with van der Waals surface area (Å²) in [5.74, 6) is -1.06. The Morgan fingerprint density at radius 1 is 1.29 bits per heavy atom. The van der Waals surface area contributed by atoms with E-state index >= 15 is 0 Å². The summed E-state index contributed by atoms with van der Waals surface area (Å²) < 4.78 is 28.7. The van der Waals surface area contributed by atoms with Crippen LogP contribution in [0.1, 0.15) is 24.4 Å². The van der Waals surface area contributed by atoms with Crippen LogP contribution in [0.4, 0.5) is 8.78 Å². The Labute approximate surface area is 138 Å². The molecule has 1 fully saturated rings.